The van der Waals surface area contributed by atoms with Crippen LogP contribution in [0.2, 0.25) is 0 Å². The molecule has 0 spiro atoms. The number of nitrogens with one attached hydrogen (secondary N) is 1. The molecule has 1 aromatic rings. The summed E-state index contributed by atoms with van der Waals surface area (Å²) in [6.07, 6.45) is -5.21. The van der Waals surface area contributed by atoms with Gasteiger partial charge in [0.25, 0.3) is 5.56 Å². The fourth-order valence-corrected chi connectivity index (χ4v) is 3.05. The van der Waals surface area contributed by atoms with E-state index in [2.05, 4.69) is 0 Å². The van der Waals surface area contributed by atoms with Gasteiger partial charge < -0.3 is 20.1 Å². The molecule has 5 atom stereocenters. The number of ketones is 3. The average molecular weight is 370 g/mol. The topological polar surface area (TPSA) is 176 Å². The summed E-state index contributed by atoms with van der Waals surface area (Å²) in [6, 6.07) is 0.882. The Morgan fingerprint density at radius 3 is 2.12 bits per heavy atom. The Hall–Kier alpha value is -2.47. The highest BCUT2D eigenvalue weighted by Crippen LogP contribution is 2.47. The second kappa shape index (κ2) is 6.36. The standard InChI is InChI=1S/C15H18N2O9/c1-6(18)10(22)11-14(24,7(2)19)15(25,8(3)20)12(26-11)17-5-4-9(21)16-13(17)23/h4-5,10-12,22,24-25H,1-3H3,(H,16,21,23)/t10?,11-,12-,14-,15+/m1/s1. The molecule has 2 rings (SSSR count). The molecule has 142 valence electrons. The minimum Gasteiger partial charge on any atom is -0.382 e. The molecule has 0 radical (unpaired) electrons. The lowest BCUT2D eigenvalue weighted by molar-refractivity contribution is -0.184. The van der Waals surface area contributed by atoms with Crippen molar-refractivity contribution >= 4 is 17.3 Å². The van der Waals surface area contributed by atoms with Crippen molar-refractivity contribution in [2.24, 2.45) is 0 Å². The third kappa shape index (κ3) is 2.56. The first-order chi connectivity index (χ1) is 11.9. The SMILES string of the molecule is CC(=O)C(O)[C@H]1O[C@@H](n2ccc(=O)[nH]c2=O)[C@@](O)(C(C)=O)[C@@]1(O)C(C)=O. The van der Waals surface area contributed by atoms with Crippen LogP contribution < -0.4 is 11.2 Å². The molecule has 0 saturated carbocycles. The van der Waals surface area contributed by atoms with Crippen molar-refractivity contribution in [3.05, 3.63) is 33.1 Å². The molecule has 1 aliphatic heterocycles. The van der Waals surface area contributed by atoms with Crippen LogP contribution in [0, 0.1) is 0 Å². The zero-order chi connectivity index (χ0) is 20.0. The first kappa shape index (κ1) is 19.8. The van der Waals surface area contributed by atoms with Gasteiger partial charge in [-0.15, -0.1) is 0 Å². The second-order valence-electron chi connectivity index (χ2n) is 6.13. The van der Waals surface area contributed by atoms with Gasteiger partial charge in [-0.05, 0) is 20.8 Å². The van der Waals surface area contributed by atoms with E-state index in [0.717, 1.165) is 33.0 Å². The van der Waals surface area contributed by atoms with Crippen molar-refractivity contribution in [3.63, 3.8) is 0 Å². The zero-order valence-electron chi connectivity index (χ0n) is 14.1. The lowest BCUT2D eigenvalue weighted by atomic mass is 9.73. The summed E-state index contributed by atoms with van der Waals surface area (Å²) in [5, 5.41) is 31.9. The summed E-state index contributed by atoms with van der Waals surface area (Å²) in [5.41, 5.74) is -7.92. The van der Waals surface area contributed by atoms with Gasteiger partial charge in [0.1, 0.15) is 12.2 Å². The number of hydrogen-bond donors (Lipinski definition) is 4. The number of nitrogens with zero attached hydrogens (tertiary/aromatic N) is 1. The highest BCUT2D eigenvalue weighted by molar-refractivity contribution is 5.99. The molecule has 0 aliphatic carbocycles. The number of carbonyl (C=O) groups excluding carboxylic acids is 3. The normalized spacial score (nSPS) is 32.2. The first-order valence-electron chi connectivity index (χ1n) is 7.51. The van der Waals surface area contributed by atoms with Gasteiger partial charge in [0.2, 0.25) is 5.60 Å². The number of H-pyrrole nitrogens is 1. The molecule has 11 heteroatoms. The molecule has 4 N–H and O–H groups in total. The number of rotatable bonds is 5. The molecule has 1 saturated heterocycles. The second-order valence-corrected chi connectivity index (χ2v) is 6.13. The molecular formula is C15H18N2O9. The lowest BCUT2D eigenvalue weighted by Gasteiger charge is -2.37. The van der Waals surface area contributed by atoms with Crippen LogP contribution in [0.5, 0.6) is 0 Å². The van der Waals surface area contributed by atoms with Crippen molar-refractivity contribution in [1.82, 2.24) is 9.55 Å². The van der Waals surface area contributed by atoms with Crippen LogP contribution in [0.25, 0.3) is 0 Å². The molecular weight excluding hydrogens is 352 g/mol. The Bertz CT molecular complexity index is 888. The maximum atomic E-state index is 12.2. The third-order valence-corrected chi connectivity index (χ3v) is 4.51. The van der Waals surface area contributed by atoms with Crippen LogP contribution in [0.4, 0.5) is 0 Å². The Balaban J connectivity index is 2.79. The zero-order valence-corrected chi connectivity index (χ0v) is 14.1. The van der Waals surface area contributed by atoms with E-state index in [9.17, 15) is 39.3 Å². The molecule has 1 unspecified atom stereocenters. The van der Waals surface area contributed by atoms with Gasteiger partial charge in [-0.1, -0.05) is 0 Å². The Morgan fingerprint density at radius 2 is 1.69 bits per heavy atom. The van der Waals surface area contributed by atoms with Crippen LogP contribution in [0.3, 0.4) is 0 Å². The van der Waals surface area contributed by atoms with E-state index < -0.39 is 58.2 Å². The van der Waals surface area contributed by atoms with Crippen LogP contribution in [-0.4, -0.2) is 65.6 Å². The van der Waals surface area contributed by atoms with E-state index in [1.807, 2.05) is 4.98 Å². The molecule has 0 bridgehead atoms. The minimum absolute atomic E-state index is 0.573. The molecule has 1 aliphatic rings. The number of aromatic amines is 1. The van der Waals surface area contributed by atoms with Crippen LogP contribution in [0.1, 0.15) is 27.0 Å². The summed E-state index contributed by atoms with van der Waals surface area (Å²) < 4.78 is 5.85. The van der Waals surface area contributed by atoms with Gasteiger partial charge in [-0.2, -0.15) is 0 Å². The van der Waals surface area contributed by atoms with E-state index in [4.69, 9.17) is 4.74 Å². The van der Waals surface area contributed by atoms with Gasteiger partial charge in [-0.25, -0.2) is 4.79 Å². The molecule has 1 fully saturated rings. The van der Waals surface area contributed by atoms with Crippen LogP contribution in [0.15, 0.2) is 21.9 Å². The Labute approximate surface area is 145 Å². The summed E-state index contributed by atoms with van der Waals surface area (Å²) in [4.78, 5) is 61.0. The predicted octanol–water partition coefficient (Wildman–Crippen LogP) is -2.98. The summed E-state index contributed by atoms with van der Waals surface area (Å²) in [6.45, 7) is 2.61. The molecule has 0 amide bonds. The maximum absolute atomic E-state index is 12.2. The number of aromatic nitrogens is 2. The minimum atomic E-state index is -3.02. The number of aliphatic hydroxyl groups is 3. The molecule has 2 heterocycles. The van der Waals surface area contributed by atoms with Crippen molar-refractivity contribution in [3.8, 4) is 0 Å². The van der Waals surface area contributed by atoms with E-state index in [0.29, 0.717) is 4.57 Å². The maximum Gasteiger partial charge on any atom is 0.330 e. The fraction of sp³-hybridized carbons (Fsp3) is 0.533. The molecule has 1 aromatic heterocycles. The van der Waals surface area contributed by atoms with E-state index in [-0.39, 0.29) is 0 Å². The summed E-state index contributed by atoms with van der Waals surface area (Å²) in [5.74, 6) is -3.23. The predicted molar refractivity (Wildman–Crippen MR) is 83.2 cm³/mol. The first-order valence-corrected chi connectivity index (χ1v) is 7.51. The summed E-state index contributed by atoms with van der Waals surface area (Å²) >= 11 is 0. The average Bonchev–Trinajstić information content (AvgIpc) is 2.78. The Morgan fingerprint density at radius 1 is 1.15 bits per heavy atom. The number of hydrogen-bond acceptors (Lipinski definition) is 9. The van der Waals surface area contributed by atoms with Crippen LogP contribution >= 0.6 is 0 Å². The van der Waals surface area contributed by atoms with Gasteiger partial charge in [0.15, 0.2) is 29.2 Å². The number of carbonyl (C=O) groups is 3. The van der Waals surface area contributed by atoms with E-state index in [1.165, 1.54) is 0 Å². The van der Waals surface area contributed by atoms with Gasteiger partial charge in [0, 0.05) is 12.3 Å². The number of ether oxygens (including phenoxy) is 1. The highest BCUT2D eigenvalue weighted by atomic mass is 16.6. The van der Waals surface area contributed by atoms with Gasteiger partial charge in [-0.3, -0.25) is 28.7 Å². The smallest absolute Gasteiger partial charge is 0.330 e. The summed E-state index contributed by atoms with van der Waals surface area (Å²) in [7, 11) is 0. The molecule has 26 heavy (non-hydrogen) atoms. The Kier molecular flexibility index (Phi) is 4.85. The van der Waals surface area contributed by atoms with Crippen molar-refractivity contribution in [1.29, 1.82) is 0 Å². The molecule has 11 nitrogen and oxygen atoms in total. The fourth-order valence-electron chi connectivity index (χ4n) is 3.05. The monoisotopic (exact) mass is 370 g/mol. The number of aliphatic hydroxyl groups excluding tert-OH is 1. The van der Waals surface area contributed by atoms with Gasteiger partial charge >= 0.3 is 5.69 Å². The lowest BCUT2D eigenvalue weighted by Crippen LogP contribution is -2.68. The molecule has 0 aromatic carbocycles. The van der Waals surface area contributed by atoms with Crippen LogP contribution in [-0.2, 0) is 19.1 Å². The van der Waals surface area contributed by atoms with Crippen molar-refractivity contribution < 1.29 is 34.4 Å². The van der Waals surface area contributed by atoms with E-state index >= 15 is 0 Å². The highest BCUT2D eigenvalue weighted by Gasteiger charge is 2.73. The third-order valence-electron chi connectivity index (χ3n) is 4.51. The largest absolute Gasteiger partial charge is 0.382 e. The van der Waals surface area contributed by atoms with E-state index in [1.54, 1.807) is 0 Å². The van der Waals surface area contributed by atoms with Gasteiger partial charge in [0.05, 0.1) is 0 Å². The number of Topliss-reactive ketones (excluding diaryl/α,β-unsaturated/α-hetero) is 3. The van der Waals surface area contributed by atoms with Crippen molar-refractivity contribution in [2.45, 2.75) is 50.4 Å². The quantitative estimate of drug-likeness (QED) is 0.421. The van der Waals surface area contributed by atoms with Crippen molar-refractivity contribution in [2.75, 3.05) is 0 Å².